The summed E-state index contributed by atoms with van der Waals surface area (Å²) in [5.41, 5.74) is 0. The zero-order valence-electron chi connectivity index (χ0n) is 13.5. The van der Waals surface area contributed by atoms with Crippen molar-refractivity contribution in [1.29, 1.82) is 0 Å². The molecule has 0 radical (unpaired) electrons. The van der Waals surface area contributed by atoms with Gasteiger partial charge in [-0.3, -0.25) is 4.90 Å². The Kier molecular flexibility index (Phi) is 5.23. The molecule has 2 saturated heterocycles. The summed E-state index contributed by atoms with van der Waals surface area (Å²) in [6.07, 6.45) is 2.63. The minimum atomic E-state index is 0.682. The van der Waals surface area contributed by atoms with Gasteiger partial charge in [0.15, 0.2) is 0 Å². The molecular formula is C15H32N4. The Balaban J connectivity index is 1.93. The Bertz CT molecular complexity index is 281. The maximum absolute atomic E-state index is 2.71. The minimum absolute atomic E-state index is 0.682. The fourth-order valence-electron chi connectivity index (χ4n) is 3.66. The van der Waals surface area contributed by atoms with Crippen molar-refractivity contribution < 1.29 is 0 Å². The van der Waals surface area contributed by atoms with Crippen molar-refractivity contribution in [3.63, 3.8) is 0 Å². The van der Waals surface area contributed by atoms with E-state index in [-0.39, 0.29) is 0 Å². The molecule has 4 heteroatoms. The summed E-state index contributed by atoms with van der Waals surface area (Å²) in [7, 11) is 8.98. The average molecular weight is 268 g/mol. The second-order valence-electron chi connectivity index (χ2n) is 6.79. The molecule has 4 nitrogen and oxygen atoms in total. The molecule has 2 rings (SSSR count). The van der Waals surface area contributed by atoms with Crippen LogP contribution < -0.4 is 0 Å². The van der Waals surface area contributed by atoms with E-state index < -0.39 is 0 Å². The highest BCUT2D eigenvalue weighted by atomic mass is 15.3. The summed E-state index contributed by atoms with van der Waals surface area (Å²) in [5.74, 6) is 0. The Morgan fingerprint density at radius 2 is 1.79 bits per heavy atom. The molecule has 2 heterocycles. The summed E-state index contributed by atoms with van der Waals surface area (Å²) in [6.45, 7) is 8.62. The minimum Gasteiger partial charge on any atom is -0.305 e. The molecule has 112 valence electrons. The van der Waals surface area contributed by atoms with Crippen LogP contribution >= 0.6 is 0 Å². The van der Waals surface area contributed by atoms with Crippen molar-refractivity contribution in [2.45, 2.75) is 37.9 Å². The first-order valence-electron chi connectivity index (χ1n) is 7.78. The lowest BCUT2D eigenvalue weighted by Gasteiger charge is -2.35. The molecule has 0 aromatic carbocycles. The third-order valence-electron chi connectivity index (χ3n) is 5.20. The predicted octanol–water partition coefficient (Wildman–Crippen LogP) is 0.647. The zero-order chi connectivity index (χ0) is 14.0. The molecule has 19 heavy (non-hydrogen) atoms. The van der Waals surface area contributed by atoms with Crippen LogP contribution in [0.25, 0.3) is 0 Å². The van der Waals surface area contributed by atoms with Crippen LogP contribution in [-0.4, -0.2) is 98.6 Å². The monoisotopic (exact) mass is 268 g/mol. The van der Waals surface area contributed by atoms with Crippen molar-refractivity contribution in [1.82, 2.24) is 19.6 Å². The Labute approximate surface area is 119 Å². The van der Waals surface area contributed by atoms with E-state index in [0.29, 0.717) is 6.04 Å². The largest absolute Gasteiger partial charge is 0.305 e. The van der Waals surface area contributed by atoms with Gasteiger partial charge in [0.1, 0.15) is 0 Å². The van der Waals surface area contributed by atoms with Gasteiger partial charge >= 0.3 is 0 Å². The molecular weight excluding hydrogens is 236 g/mol. The van der Waals surface area contributed by atoms with Gasteiger partial charge in [-0.05, 0) is 61.0 Å². The summed E-state index contributed by atoms with van der Waals surface area (Å²) in [4.78, 5) is 10.1. The van der Waals surface area contributed by atoms with Gasteiger partial charge in [0.25, 0.3) is 0 Å². The maximum atomic E-state index is 2.71. The Hall–Kier alpha value is -0.160. The van der Waals surface area contributed by atoms with Crippen LogP contribution in [0.4, 0.5) is 0 Å². The molecule has 2 aliphatic heterocycles. The molecule has 0 aliphatic carbocycles. The van der Waals surface area contributed by atoms with Crippen LogP contribution in [0.5, 0.6) is 0 Å². The van der Waals surface area contributed by atoms with E-state index in [0.717, 1.165) is 12.1 Å². The van der Waals surface area contributed by atoms with Crippen LogP contribution in [0, 0.1) is 0 Å². The number of nitrogens with zero attached hydrogens (tertiary/aromatic N) is 4. The Morgan fingerprint density at radius 1 is 1.05 bits per heavy atom. The highest BCUT2D eigenvalue weighted by molar-refractivity contribution is 4.94. The zero-order valence-corrected chi connectivity index (χ0v) is 13.5. The highest BCUT2D eigenvalue weighted by Gasteiger charge is 2.36. The first kappa shape index (κ1) is 15.2. The molecule has 0 amide bonds. The molecule has 0 aromatic heterocycles. The number of hydrogen-bond acceptors (Lipinski definition) is 4. The van der Waals surface area contributed by atoms with Gasteiger partial charge < -0.3 is 14.7 Å². The van der Waals surface area contributed by atoms with Gasteiger partial charge in [-0.15, -0.1) is 0 Å². The van der Waals surface area contributed by atoms with Crippen molar-refractivity contribution in [3.8, 4) is 0 Å². The second-order valence-corrected chi connectivity index (χ2v) is 6.79. The van der Waals surface area contributed by atoms with Crippen LogP contribution in [0.15, 0.2) is 0 Å². The van der Waals surface area contributed by atoms with Crippen molar-refractivity contribution >= 4 is 0 Å². The van der Waals surface area contributed by atoms with E-state index in [1.54, 1.807) is 0 Å². The number of rotatable bonds is 3. The topological polar surface area (TPSA) is 13.0 Å². The van der Waals surface area contributed by atoms with Gasteiger partial charge in [0.2, 0.25) is 0 Å². The molecule has 0 saturated carbocycles. The predicted molar refractivity (Wildman–Crippen MR) is 81.7 cm³/mol. The molecule has 0 aromatic rings. The van der Waals surface area contributed by atoms with E-state index >= 15 is 0 Å². The third kappa shape index (κ3) is 3.69. The fourth-order valence-corrected chi connectivity index (χ4v) is 3.66. The molecule has 3 unspecified atom stereocenters. The smallest absolute Gasteiger partial charge is 0.0261 e. The van der Waals surface area contributed by atoms with Crippen LogP contribution in [-0.2, 0) is 0 Å². The Morgan fingerprint density at radius 3 is 2.42 bits per heavy atom. The van der Waals surface area contributed by atoms with Gasteiger partial charge in [0, 0.05) is 37.8 Å². The van der Waals surface area contributed by atoms with Crippen molar-refractivity contribution in [2.24, 2.45) is 0 Å². The average Bonchev–Trinajstić information content (AvgIpc) is 2.61. The van der Waals surface area contributed by atoms with Crippen LogP contribution in [0.1, 0.15) is 19.8 Å². The molecule has 2 aliphatic rings. The molecule has 0 N–H and O–H groups in total. The molecule has 2 fully saturated rings. The number of likely N-dealkylation sites (N-methyl/N-ethyl adjacent to an activating group) is 3. The molecule has 0 spiro atoms. The lowest BCUT2D eigenvalue weighted by molar-refractivity contribution is 0.131. The van der Waals surface area contributed by atoms with E-state index in [4.69, 9.17) is 0 Å². The van der Waals surface area contributed by atoms with Gasteiger partial charge in [-0.1, -0.05) is 0 Å². The molecule has 0 bridgehead atoms. The number of hydrogen-bond donors (Lipinski definition) is 0. The van der Waals surface area contributed by atoms with Gasteiger partial charge in [-0.2, -0.15) is 0 Å². The normalized spacial score (nSPS) is 33.8. The van der Waals surface area contributed by atoms with Gasteiger partial charge in [0.05, 0.1) is 0 Å². The van der Waals surface area contributed by atoms with E-state index in [2.05, 4.69) is 54.7 Å². The first-order chi connectivity index (χ1) is 8.99. The van der Waals surface area contributed by atoms with E-state index in [1.807, 2.05) is 0 Å². The number of likely N-dealkylation sites (tertiary alicyclic amines) is 1. The summed E-state index contributed by atoms with van der Waals surface area (Å²) >= 11 is 0. The lowest BCUT2D eigenvalue weighted by atomic mass is 10.0. The highest BCUT2D eigenvalue weighted by Crippen LogP contribution is 2.24. The van der Waals surface area contributed by atoms with Gasteiger partial charge in [-0.25, -0.2) is 0 Å². The standard InChI is InChI=1S/C15H32N4/c1-13(19-8-6-7-17(4)9-10-19)15-11-14(16(2)3)12-18(15)5/h13-15H,6-12H2,1-5H3. The van der Waals surface area contributed by atoms with Crippen molar-refractivity contribution in [2.75, 3.05) is 60.9 Å². The maximum Gasteiger partial charge on any atom is 0.0261 e. The summed E-state index contributed by atoms with van der Waals surface area (Å²) < 4.78 is 0. The third-order valence-corrected chi connectivity index (χ3v) is 5.20. The van der Waals surface area contributed by atoms with Crippen LogP contribution in [0.3, 0.4) is 0 Å². The second kappa shape index (κ2) is 6.53. The van der Waals surface area contributed by atoms with E-state index in [9.17, 15) is 0 Å². The molecule has 3 atom stereocenters. The first-order valence-corrected chi connectivity index (χ1v) is 7.78. The lowest BCUT2D eigenvalue weighted by Crippen LogP contribution is -2.47. The van der Waals surface area contributed by atoms with E-state index in [1.165, 1.54) is 45.6 Å². The fraction of sp³-hybridized carbons (Fsp3) is 1.00. The summed E-state index contributed by atoms with van der Waals surface area (Å²) in [5, 5.41) is 0. The quantitative estimate of drug-likeness (QED) is 0.745. The van der Waals surface area contributed by atoms with Crippen molar-refractivity contribution in [3.05, 3.63) is 0 Å². The summed E-state index contributed by atoms with van der Waals surface area (Å²) in [6, 6.07) is 2.13. The SMILES string of the molecule is CC(C1CC(N(C)C)CN1C)N1CCCN(C)CC1. The van der Waals surface area contributed by atoms with Crippen LogP contribution in [0.2, 0.25) is 0 Å².